The Morgan fingerprint density at radius 2 is 2.00 bits per heavy atom. The summed E-state index contributed by atoms with van der Waals surface area (Å²) in [6, 6.07) is 8.28. The molecular formula is C19H17ClN6O3. The van der Waals surface area contributed by atoms with E-state index in [2.05, 4.69) is 25.9 Å². The molecule has 3 heterocycles. The zero-order valence-corrected chi connectivity index (χ0v) is 16.1. The highest BCUT2D eigenvalue weighted by molar-refractivity contribution is 6.30. The molecule has 4 N–H and O–H groups in total. The highest BCUT2D eigenvalue weighted by Gasteiger charge is 2.50. The van der Waals surface area contributed by atoms with Gasteiger partial charge in [0.05, 0.1) is 6.54 Å². The van der Waals surface area contributed by atoms with Crippen LogP contribution in [-0.2, 0) is 17.4 Å². The molecule has 1 aromatic carbocycles. The molecule has 148 valence electrons. The van der Waals surface area contributed by atoms with E-state index in [-0.39, 0.29) is 6.54 Å². The van der Waals surface area contributed by atoms with E-state index in [0.29, 0.717) is 16.5 Å². The largest absolute Gasteiger partial charge is 0.357 e. The summed E-state index contributed by atoms with van der Waals surface area (Å²) in [6.45, 7) is -0.163. The van der Waals surface area contributed by atoms with Crippen molar-refractivity contribution in [1.82, 2.24) is 30.5 Å². The highest BCUT2D eigenvalue weighted by atomic mass is 35.5. The second-order valence-corrected chi connectivity index (χ2v) is 7.10. The summed E-state index contributed by atoms with van der Waals surface area (Å²) in [6.07, 6.45) is 4.87. The first-order valence-electron chi connectivity index (χ1n) is 8.73. The quantitative estimate of drug-likeness (QED) is 0.475. The Kier molecular flexibility index (Phi) is 4.59. The van der Waals surface area contributed by atoms with Crippen LogP contribution < -0.4 is 16.0 Å². The van der Waals surface area contributed by atoms with Crippen LogP contribution in [-0.4, -0.2) is 38.9 Å². The van der Waals surface area contributed by atoms with Crippen LogP contribution in [0.4, 0.5) is 4.79 Å². The molecule has 1 fully saturated rings. The third kappa shape index (κ3) is 3.36. The summed E-state index contributed by atoms with van der Waals surface area (Å²) in [5, 5.41) is 8.11. The van der Waals surface area contributed by atoms with Gasteiger partial charge >= 0.3 is 6.03 Å². The minimum atomic E-state index is -1.49. The zero-order valence-electron chi connectivity index (χ0n) is 15.3. The van der Waals surface area contributed by atoms with E-state index < -0.39 is 23.4 Å². The van der Waals surface area contributed by atoms with Gasteiger partial charge in [-0.25, -0.2) is 9.78 Å². The van der Waals surface area contributed by atoms with Gasteiger partial charge < -0.3 is 20.2 Å². The number of carbonyl (C=O) groups excluding carboxylic acids is 3. The number of amides is 4. The van der Waals surface area contributed by atoms with E-state index in [1.54, 1.807) is 42.2 Å². The molecule has 1 saturated heterocycles. The fourth-order valence-electron chi connectivity index (χ4n) is 3.27. The number of halogens is 1. The molecule has 4 rings (SSSR count). The normalized spacial score (nSPS) is 18.4. The fraction of sp³-hybridized carbons (Fsp3) is 0.158. The van der Waals surface area contributed by atoms with E-state index in [1.807, 2.05) is 12.1 Å². The van der Waals surface area contributed by atoms with Gasteiger partial charge in [-0.15, -0.1) is 0 Å². The van der Waals surface area contributed by atoms with Gasteiger partial charge in [0, 0.05) is 30.7 Å². The summed E-state index contributed by atoms with van der Waals surface area (Å²) >= 11 is 5.91. The van der Waals surface area contributed by atoms with Crippen LogP contribution >= 0.6 is 11.6 Å². The van der Waals surface area contributed by atoms with Crippen LogP contribution in [0.25, 0.3) is 11.1 Å². The second-order valence-electron chi connectivity index (χ2n) is 6.67. The Morgan fingerprint density at radius 3 is 2.62 bits per heavy atom. The van der Waals surface area contributed by atoms with Gasteiger partial charge in [-0.05, 0) is 29.3 Å². The summed E-state index contributed by atoms with van der Waals surface area (Å²) in [5.41, 5.74) is 0.542. The molecular weight excluding hydrogens is 396 g/mol. The monoisotopic (exact) mass is 412 g/mol. The van der Waals surface area contributed by atoms with E-state index in [4.69, 9.17) is 11.6 Å². The van der Waals surface area contributed by atoms with Crippen molar-refractivity contribution in [2.24, 2.45) is 7.05 Å². The number of aromatic nitrogens is 3. The van der Waals surface area contributed by atoms with Gasteiger partial charge in [0.15, 0.2) is 5.54 Å². The first kappa shape index (κ1) is 18.8. The summed E-state index contributed by atoms with van der Waals surface area (Å²) in [4.78, 5) is 44.0. The summed E-state index contributed by atoms with van der Waals surface area (Å²) < 4.78 is 1.62. The van der Waals surface area contributed by atoms with Crippen molar-refractivity contribution in [2.75, 3.05) is 6.54 Å². The number of H-pyrrole nitrogens is 1. The molecule has 1 atom stereocenters. The van der Waals surface area contributed by atoms with Crippen LogP contribution in [0.1, 0.15) is 16.3 Å². The number of aryl methyl sites for hydroxylation is 1. The average molecular weight is 413 g/mol. The van der Waals surface area contributed by atoms with Gasteiger partial charge in [0.2, 0.25) is 0 Å². The number of benzene rings is 1. The van der Waals surface area contributed by atoms with Gasteiger partial charge in [0.1, 0.15) is 11.5 Å². The van der Waals surface area contributed by atoms with Crippen LogP contribution in [0.2, 0.25) is 5.02 Å². The number of carbonyl (C=O) groups is 3. The Hall–Kier alpha value is -3.59. The number of nitrogens with zero attached hydrogens (tertiary/aromatic N) is 2. The van der Waals surface area contributed by atoms with E-state index >= 15 is 0 Å². The highest BCUT2D eigenvalue weighted by Crippen LogP contribution is 2.24. The first-order chi connectivity index (χ1) is 13.9. The van der Waals surface area contributed by atoms with Crippen molar-refractivity contribution in [3.05, 3.63) is 65.5 Å². The SMILES string of the molecule is Cn1ccnc1C1(CNC(=O)c2cc(-c3ccc(Cl)cc3)c[nH]2)NC(=O)NC1=O. The topological polar surface area (TPSA) is 121 Å². The Morgan fingerprint density at radius 1 is 1.24 bits per heavy atom. The van der Waals surface area contributed by atoms with Crippen molar-refractivity contribution in [3.8, 4) is 11.1 Å². The van der Waals surface area contributed by atoms with Crippen LogP contribution in [0.15, 0.2) is 48.9 Å². The first-order valence-corrected chi connectivity index (χ1v) is 9.11. The molecule has 1 aliphatic rings. The third-order valence-electron chi connectivity index (χ3n) is 4.76. The lowest BCUT2D eigenvalue weighted by atomic mass is 9.98. The van der Waals surface area contributed by atoms with Crippen LogP contribution in [0.3, 0.4) is 0 Å². The van der Waals surface area contributed by atoms with E-state index in [9.17, 15) is 14.4 Å². The second kappa shape index (κ2) is 7.10. The molecule has 0 spiro atoms. The lowest BCUT2D eigenvalue weighted by molar-refractivity contribution is -0.124. The molecule has 29 heavy (non-hydrogen) atoms. The van der Waals surface area contributed by atoms with Gasteiger partial charge in [-0.3, -0.25) is 14.9 Å². The lowest BCUT2D eigenvalue weighted by Gasteiger charge is -2.25. The molecule has 2 aromatic heterocycles. The van der Waals surface area contributed by atoms with Crippen LogP contribution in [0, 0.1) is 0 Å². The number of hydrogen-bond acceptors (Lipinski definition) is 4. The summed E-state index contributed by atoms with van der Waals surface area (Å²) in [7, 11) is 1.70. The molecule has 0 saturated carbocycles. The molecule has 10 heteroatoms. The van der Waals surface area contributed by atoms with Gasteiger partial charge in [-0.2, -0.15) is 0 Å². The molecule has 4 amide bonds. The van der Waals surface area contributed by atoms with Gasteiger partial charge in [-0.1, -0.05) is 23.7 Å². The van der Waals surface area contributed by atoms with Crippen molar-refractivity contribution in [1.29, 1.82) is 0 Å². The van der Waals surface area contributed by atoms with Crippen LogP contribution in [0.5, 0.6) is 0 Å². The Bertz CT molecular complexity index is 1100. The molecule has 1 aliphatic heterocycles. The maximum Gasteiger partial charge on any atom is 0.322 e. The maximum atomic E-state index is 12.6. The Balaban J connectivity index is 1.54. The maximum absolute atomic E-state index is 12.6. The predicted octanol–water partition coefficient (Wildman–Crippen LogP) is 1.53. The number of urea groups is 1. The zero-order chi connectivity index (χ0) is 20.6. The van der Waals surface area contributed by atoms with E-state index in [0.717, 1.165) is 11.1 Å². The van der Waals surface area contributed by atoms with Crippen molar-refractivity contribution >= 4 is 29.4 Å². The number of hydrogen-bond donors (Lipinski definition) is 4. The number of aromatic amines is 1. The molecule has 0 bridgehead atoms. The minimum Gasteiger partial charge on any atom is -0.357 e. The molecule has 0 radical (unpaired) electrons. The molecule has 0 aliphatic carbocycles. The smallest absolute Gasteiger partial charge is 0.322 e. The molecule has 1 unspecified atom stereocenters. The average Bonchev–Trinajstić information content (AvgIpc) is 3.40. The van der Waals surface area contributed by atoms with Crippen molar-refractivity contribution < 1.29 is 14.4 Å². The van der Waals surface area contributed by atoms with Gasteiger partial charge in [0.25, 0.3) is 11.8 Å². The number of nitrogens with one attached hydrogen (secondary N) is 4. The standard InChI is InChI=1S/C19H17ClN6O3/c1-26-7-6-21-16(26)19(17(28)24-18(29)25-19)10-23-15(27)14-8-12(9-22-14)11-2-4-13(20)5-3-11/h2-9,22H,10H2,1H3,(H,23,27)(H2,24,25,28,29). The van der Waals surface area contributed by atoms with E-state index in [1.165, 1.54) is 6.20 Å². The number of imidazole rings is 1. The number of rotatable bonds is 5. The molecule has 9 nitrogen and oxygen atoms in total. The Labute approximate surface area is 170 Å². The lowest BCUT2D eigenvalue weighted by Crippen LogP contribution is -2.54. The van der Waals surface area contributed by atoms with Crippen molar-refractivity contribution in [2.45, 2.75) is 5.54 Å². The molecule has 3 aromatic rings. The minimum absolute atomic E-state index is 0.163. The number of imide groups is 1. The predicted molar refractivity (Wildman–Crippen MR) is 105 cm³/mol. The fourth-order valence-corrected chi connectivity index (χ4v) is 3.40. The van der Waals surface area contributed by atoms with Crippen molar-refractivity contribution in [3.63, 3.8) is 0 Å². The third-order valence-corrected chi connectivity index (χ3v) is 5.02. The summed E-state index contributed by atoms with van der Waals surface area (Å²) in [5.74, 6) is -0.687.